The average Bonchev–Trinajstić information content (AvgIpc) is 2.95. The van der Waals surface area contributed by atoms with Crippen molar-refractivity contribution in [1.29, 1.82) is 0 Å². The van der Waals surface area contributed by atoms with Gasteiger partial charge < -0.3 is 4.40 Å². The van der Waals surface area contributed by atoms with Gasteiger partial charge in [0.2, 0.25) is 0 Å². The van der Waals surface area contributed by atoms with E-state index in [0.29, 0.717) is 12.5 Å². The Balaban J connectivity index is 1.37. The molecule has 142 valence electrons. The predicted molar refractivity (Wildman–Crippen MR) is 101 cm³/mol. The first kappa shape index (κ1) is 17.9. The van der Waals surface area contributed by atoms with Gasteiger partial charge in [0, 0.05) is 49.4 Å². The second-order valence-corrected chi connectivity index (χ2v) is 8.39. The molecule has 4 heterocycles. The van der Waals surface area contributed by atoms with E-state index in [0.717, 1.165) is 36.7 Å². The number of imidazole rings is 1. The molecule has 0 N–H and O–H groups in total. The minimum Gasteiger partial charge on any atom is -0.304 e. The van der Waals surface area contributed by atoms with Crippen molar-refractivity contribution in [3.8, 4) is 0 Å². The Morgan fingerprint density at radius 2 is 1.93 bits per heavy atom. The normalized spacial score (nSPS) is 16.0. The number of rotatable bonds is 4. The number of likely N-dealkylation sites (tertiary alicyclic amines) is 1. The lowest BCUT2D eigenvalue weighted by molar-refractivity contribution is 0.0752. The van der Waals surface area contributed by atoms with Crippen LogP contribution in [-0.2, 0) is 18.5 Å². The van der Waals surface area contributed by atoms with E-state index >= 15 is 0 Å². The molecule has 0 radical (unpaired) electrons. The second-order valence-electron chi connectivity index (χ2n) is 8.39. The lowest BCUT2D eigenvalue weighted by Gasteiger charge is -2.38. The van der Waals surface area contributed by atoms with Crippen molar-refractivity contribution in [1.82, 2.24) is 24.1 Å². The predicted octanol–water partition coefficient (Wildman–Crippen LogP) is 2.46. The van der Waals surface area contributed by atoms with Crippen LogP contribution < -0.4 is 5.56 Å². The van der Waals surface area contributed by atoms with Gasteiger partial charge in [-0.2, -0.15) is 5.10 Å². The summed E-state index contributed by atoms with van der Waals surface area (Å²) >= 11 is 0. The van der Waals surface area contributed by atoms with Gasteiger partial charge in [0.15, 0.2) is 0 Å². The highest BCUT2D eigenvalue weighted by Crippen LogP contribution is 2.21. The van der Waals surface area contributed by atoms with E-state index in [9.17, 15) is 9.18 Å². The molecule has 4 rings (SSSR count). The van der Waals surface area contributed by atoms with Crippen LogP contribution in [0.15, 0.2) is 41.5 Å². The standard InChI is InChI=1S/C20H24FN5O/c1-20(2,3)17-5-7-19(27)26(23-17)10-14-8-24(9-14)12-16-13-25-11-15(21)4-6-18(25)22-16/h4-7,11,13-14H,8-10,12H2,1-3H3. The molecule has 1 aliphatic heterocycles. The number of hydrogen-bond acceptors (Lipinski definition) is 4. The van der Waals surface area contributed by atoms with Gasteiger partial charge in [0.25, 0.3) is 5.56 Å². The molecular weight excluding hydrogens is 345 g/mol. The minimum atomic E-state index is -0.272. The number of aromatic nitrogens is 4. The maximum absolute atomic E-state index is 13.3. The smallest absolute Gasteiger partial charge is 0.266 e. The van der Waals surface area contributed by atoms with Gasteiger partial charge in [0.05, 0.1) is 17.9 Å². The summed E-state index contributed by atoms with van der Waals surface area (Å²) in [4.78, 5) is 18.9. The van der Waals surface area contributed by atoms with E-state index in [2.05, 4.69) is 35.8 Å². The highest BCUT2D eigenvalue weighted by molar-refractivity contribution is 5.39. The van der Waals surface area contributed by atoms with Gasteiger partial charge >= 0.3 is 0 Å². The Bertz CT molecular complexity index is 1030. The number of fused-ring (bicyclic) bond motifs is 1. The van der Waals surface area contributed by atoms with Crippen molar-refractivity contribution in [2.45, 2.75) is 39.3 Å². The van der Waals surface area contributed by atoms with Gasteiger partial charge in [-0.25, -0.2) is 14.1 Å². The van der Waals surface area contributed by atoms with E-state index in [-0.39, 0.29) is 16.8 Å². The van der Waals surface area contributed by atoms with Gasteiger partial charge in [-0.3, -0.25) is 9.69 Å². The minimum absolute atomic E-state index is 0.0520. The van der Waals surface area contributed by atoms with Crippen LogP contribution in [0.2, 0.25) is 0 Å². The molecule has 0 aromatic carbocycles. The summed E-state index contributed by atoms with van der Waals surface area (Å²) in [6, 6.07) is 6.53. The fourth-order valence-electron chi connectivity index (χ4n) is 3.47. The Hall–Kier alpha value is -2.54. The zero-order valence-corrected chi connectivity index (χ0v) is 15.9. The topological polar surface area (TPSA) is 55.4 Å². The van der Waals surface area contributed by atoms with E-state index in [1.807, 2.05) is 12.3 Å². The van der Waals surface area contributed by atoms with E-state index < -0.39 is 0 Å². The fourth-order valence-corrected chi connectivity index (χ4v) is 3.47. The molecule has 0 atom stereocenters. The third-order valence-corrected chi connectivity index (χ3v) is 4.95. The molecular formula is C20H24FN5O. The molecule has 3 aromatic heterocycles. The Labute approximate surface area is 157 Å². The quantitative estimate of drug-likeness (QED) is 0.709. The number of pyridine rings is 1. The molecule has 0 aliphatic carbocycles. The first-order chi connectivity index (χ1) is 12.8. The SMILES string of the molecule is CC(C)(C)c1ccc(=O)n(CC2CN(Cc3cn4cc(F)ccc4n3)C2)n1. The summed E-state index contributed by atoms with van der Waals surface area (Å²) in [5.74, 6) is 0.130. The highest BCUT2D eigenvalue weighted by atomic mass is 19.1. The molecule has 0 spiro atoms. The van der Waals surface area contributed by atoms with Crippen molar-refractivity contribution in [3.05, 3.63) is 64.2 Å². The van der Waals surface area contributed by atoms with Crippen LogP contribution in [0.25, 0.3) is 5.65 Å². The fraction of sp³-hybridized carbons (Fsp3) is 0.450. The second kappa shape index (κ2) is 6.56. The van der Waals surface area contributed by atoms with Crippen LogP contribution in [0.3, 0.4) is 0 Å². The molecule has 7 heteroatoms. The van der Waals surface area contributed by atoms with Crippen LogP contribution in [0.4, 0.5) is 4.39 Å². The van der Waals surface area contributed by atoms with Gasteiger partial charge in [0.1, 0.15) is 11.5 Å². The van der Waals surface area contributed by atoms with Crippen molar-refractivity contribution in [3.63, 3.8) is 0 Å². The zero-order chi connectivity index (χ0) is 19.2. The molecule has 6 nitrogen and oxygen atoms in total. The van der Waals surface area contributed by atoms with Crippen molar-refractivity contribution < 1.29 is 4.39 Å². The summed E-state index contributed by atoms with van der Waals surface area (Å²) in [6.07, 6.45) is 3.30. The van der Waals surface area contributed by atoms with Gasteiger partial charge in [-0.1, -0.05) is 20.8 Å². The van der Waals surface area contributed by atoms with Gasteiger partial charge in [-0.05, 0) is 18.2 Å². The molecule has 1 fully saturated rings. The average molecular weight is 369 g/mol. The highest BCUT2D eigenvalue weighted by Gasteiger charge is 2.28. The Kier molecular flexibility index (Phi) is 4.34. The molecule has 3 aromatic rings. The molecule has 1 aliphatic rings. The van der Waals surface area contributed by atoms with E-state index in [1.165, 1.54) is 12.3 Å². The van der Waals surface area contributed by atoms with Crippen LogP contribution >= 0.6 is 0 Å². The van der Waals surface area contributed by atoms with E-state index in [4.69, 9.17) is 0 Å². The Morgan fingerprint density at radius 3 is 2.67 bits per heavy atom. The van der Waals surface area contributed by atoms with Crippen molar-refractivity contribution in [2.75, 3.05) is 13.1 Å². The van der Waals surface area contributed by atoms with Crippen LogP contribution in [-0.4, -0.2) is 37.2 Å². The molecule has 1 saturated heterocycles. The number of halogens is 1. The van der Waals surface area contributed by atoms with E-state index in [1.54, 1.807) is 21.2 Å². The molecule has 0 bridgehead atoms. The molecule has 0 unspecified atom stereocenters. The van der Waals surface area contributed by atoms with Crippen LogP contribution in [0.5, 0.6) is 0 Å². The molecule has 0 amide bonds. The zero-order valence-electron chi connectivity index (χ0n) is 15.9. The number of nitrogens with zero attached hydrogens (tertiary/aromatic N) is 5. The first-order valence-corrected chi connectivity index (χ1v) is 9.22. The first-order valence-electron chi connectivity index (χ1n) is 9.22. The summed E-state index contributed by atoms with van der Waals surface area (Å²) in [6.45, 7) is 9.44. The molecule has 0 saturated carbocycles. The van der Waals surface area contributed by atoms with Crippen molar-refractivity contribution >= 4 is 5.65 Å². The summed E-state index contributed by atoms with van der Waals surface area (Å²) in [5.41, 5.74) is 2.46. The maximum atomic E-state index is 13.3. The lowest BCUT2D eigenvalue weighted by Crippen LogP contribution is -2.49. The van der Waals surface area contributed by atoms with Crippen LogP contribution in [0, 0.1) is 11.7 Å². The maximum Gasteiger partial charge on any atom is 0.266 e. The third kappa shape index (κ3) is 3.78. The molecule has 27 heavy (non-hydrogen) atoms. The summed E-state index contributed by atoms with van der Waals surface area (Å²) < 4.78 is 16.6. The van der Waals surface area contributed by atoms with Crippen LogP contribution in [0.1, 0.15) is 32.2 Å². The van der Waals surface area contributed by atoms with Crippen molar-refractivity contribution in [2.24, 2.45) is 5.92 Å². The third-order valence-electron chi connectivity index (χ3n) is 4.95. The largest absolute Gasteiger partial charge is 0.304 e. The lowest BCUT2D eigenvalue weighted by atomic mass is 9.92. The summed E-state index contributed by atoms with van der Waals surface area (Å²) in [7, 11) is 0. The monoisotopic (exact) mass is 369 g/mol. The number of hydrogen-bond donors (Lipinski definition) is 0. The summed E-state index contributed by atoms with van der Waals surface area (Å²) in [5, 5.41) is 4.55. The Morgan fingerprint density at radius 1 is 1.15 bits per heavy atom. The van der Waals surface area contributed by atoms with Gasteiger partial charge in [-0.15, -0.1) is 0 Å².